The molecule has 0 heterocycles. The molecule has 0 aliphatic heterocycles. The Labute approximate surface area is 756 Å². The van der Waals surface area contributed by atoms with Gasteiger partial charge < -0.3 is 85.3 Å². The maximum atomic E-state index is 12.7. The van der Waals surface area contributed by atoms with Gasteiger partial charge in [0.1, 0.15) is 35.4 Å². The molecule has 0 bridgehead atoms. The first-order valence-corrected chi connectivity index (χ1v) is 44.9. The molecule has 0 saturated heterocycles. The Hall–Kier alpha value is -10.1. The SMILES string of the molecule is CCC(C)c1ccc(OC(C)OCCC(C(=O)OC)C(=O)OC)cc1.CCC(C)c1ccc(OC(C)OCCCCOC(C)=O)cc1.CCC(C)c1ccc(OC(C)OCCOC(=O)Cc2ccccc2)cc1.CCC(OCCCC(=O)OC)Oc1ccc(C(C)CC)cc1.CCOC(=O)C(CCOC(C)Oc1ccc(C(C)CC)cc1)(C(=O)OCC)C(=O)OCC. The molecule has 26 nitrogen and oxygen atoms in total. The Balaban J connectivity index is 0.000000541. The van der Waals surface area contributed by atoms with Gasteiger partial charge in [0.15, 0.2) is 37.4 Å². The fourth-order valence-electron chi connectivity index (χ4n) is 11.9. The van der Waals surface area contributed by atoms with Gasteiger partial charge in [0, 0.05) is 26.2 Å². The molecule has 0 aliphatic rings. The highest BCUT2D eigenvalue weighted by atomic mass is 16.7. The first-order valence-electron chi connectivity index (χ1n) is 44.9. The van der Waals surface area contributed by atoms with Crippen molar-refractivity contribution in [2.75, 3.05) is 87.4 Å². The van der Waals surface area contributed by atoms with Crippen molar-refractivity contribution in [3.05, 3.63) is 185 Å². The summed E-state index contributed by atoms with van der Waals surface area (Å²) in [5, 5.41) is 0. The van der Waals surface area contributed by atoms with Gasteiger partial charge in [-0.1, -0.05) is 167 Å². The van der Waals surface area contributed by atoms with Crippen molar-refractivity contribution in [2.24, 2.45) is 11.3 Å². The zero-order valence-corrected chi connectivity index (χ0v) is 79.7. The Kier molecular flexibility index (Phi) is 59.0. The second kappa shape index (κ2) is 66.3. The van der Waals surface area contributed by atoms with Crippen LogP contribution in [0.25, 0.3) is 0 Å². The Morgan fingerprint density at radius 3 is 0.976 bits per heavy atom. The topological polar surface area (TPSA) is 303 Å². The highest BCUT2D eigenvalue weighted by Crippen LogP contribution is 2.32. The molecule has 10 atom stereocenters. The quantitative estimate of drug-likeness (QED) is 0.0113. The van der Waals surface area contributed by atoms with E-state index in [1.165, 1.54) is 56.1 Å². The molecule has 26 heteroatoms. The number of carbonyl (C=O) groups is 8. The summed E-state index contributed by atoms with van der Waals surface area (Å²) in [5.74, 6) is 0.353. The standard InChI is InChI=1S/C24H36O8.C22H28O4.C19H28O6.2C18H28O4/c1-7-17(5)19-11-13-20(14-12-19)32-18(6)31-16-15-24(21(25)28-8-2,22(26)29-9-3)23(27)30-10-4;1-4-17(2)20-10-12-21(13-11-20)26-18(3)24-14-15-25-22(23)16-19-8-6-5-7-9-19;1-6-13(2)15-7-9-16(10-8-15)25-14(3)24-12-11-17(18(20)22-4)19(21)23-5;1-5-14(2)17-8-10-18(11-9-17)22-16(4)21-13-7-6-12-20-15(3)19;1-5-14(3)15-9-11-16(12-10-15)22-18(6-2)21-13-7-8-17(19)20-4/h11-14,17-18H,7-10,15-16H2,1-6H3;5-13,17-18H,4,14-16H2,1-3H3;7-10,13-14,17H,6,11-12H2,1-5H3;8-11,14,16H,5-7,12-13H2,1-4H3;9-12,14,18H,5-8,13H2,1-4H3. The summed E-state index contributed by atoms with van der Waals surface area (Å²) in [4.78, 5) is 94.5. The van der Waals surface area contributed by atoms with Crippen LogP contribution in [0.1, 0.15) is 272 Å². The van der Waals surface area contributed by atoms with E-state index in [1.807, 2.05) is 136 Å². The maximum Gasteiger partial charge on any atom is 0.335 e. The largest absolute Gasteiger partial charge is 0.469 e. The number of hydrogen-bond acceptors (Lipinski definition) is 26. The average Bonchev–Trinajstić information content (AvgIpc) is 0.784. The zero-order chi connectivity index (χ0) is 94.5. The molecule has 0 radical (unpaired) electrons. The number of hydrogen-bond donors (Lipinski definition) is 0. The van der Waals surface area contributed by atoms with E-state index in [0.29, 0.717) is 80.4 Å². The predicted octanol–water partition coefficient (Wildman–Crippen LogP) is 20.6. The van der Waals surface area contributed by atoms with Crippen molar-refractivity contribution < 1.29 is 124 Å². The lowest BCUT2D eigenvalue weighted by Crippen LogP contribution is -2.50. The van der Waals surface area contributed by atoms with Crippen LogP contribution in [0.4, 0.5) is 0 Å². The number of esters is 8. The van der Waals surface area contributed by atoms with Gasteiger partial charge in [-0.25, -0.2) is 0 Å². The molecule has 0 aliphatic carbocycles. The van der Waals surface area contributed by atoms with E-state index in [9.17, 15) is 38.4 Å². The molecule has 0 aromatic heterocycles. The smallest absolute Gasteiger partial charge is 0.335 e. The van der Waals surface area contributed by atoms with E-state index in [-0.39, 0.29) is 89.4 Å². The average molecular weight is 1780 g/mol. The molecule has 6 aromatic carbocycles. The summed E-state index contributed by atoms with van der Waals surface area (Å²) >= 11 is 0. The van der Waals surface area contributed by atoms with Crippen LogP contribution < -0.4 is 23.7 Å². The van der Waals surface area contributed by atoms with E-state index in [0.717, 1.165) is 74.2 Å². The molecule has 0 N–H and O–H groups in total. The molecule has 708 valence electrons. The van der Waals surface area contributed by atoms with Gasteiger partial charge in [-0.3, -0.25) is 38.4 Å². The molecule has 6 aromatic rings. The van der Waals surface area contributed by atoms with Gasteiger partial charge in [-0.05, 0) is 230 Å². The lowest BCUT2D eigenvalue weighted by Gasteiger charge is -2.27. The van der Waals surface area contributed by atoms with Gasteiger partial charge >= 0.3 is 47.8 Å². The number of rotatable bonds is 54. The summed E-state index contributed by atoms with van der Waals surface area (Å²) in [6, 6.07) is 49.6. The van der Waals surface area contributed by atoms with Crippen LogP contribution in [0.2, 0.25) is 0 Å². The second-order valence-electron chi connectivity index (χ2n) is 30.3. The van der Waals surface area contributed by atoms with Gasteiger partial charge in [0.05, 0.1) is 87.2 Å². The lowest BCUT2D eigenvalue weighted by molar-refractivity contribution is -0.187. The first-order chi connectivity index (χ1) is 60.9. The van der Waals surface area contributed by atoms with E-state index < -0.39 is 60.0 Å². The van der Waals surface area contributed by atoms with Crippen molar-refractivity contribution in [3.8, 4) is 28.7 Å². The van der Waals surface area contributed by atoms with Crippen LogP contribution in [0.3, 0.4) is 0 Å². The molecular formula is C101H148O26. The summed E-state index contributed by atoms with van der Waals surface area (Å²) in [6.07, 6.45) is 6.87. The maximum absolute atomic E-state index is 12.7. The number of unbranched alkanes of at least 4 members (excludes halogenated alkanes) is 1. The van der Waals surface area contributed by atoms with Crippen molar-refractivity contribution in [1.82, 2.24) is 0 Å². The number of ether oxygens (including phenoxy) is 18. The minimum atomic E-state index is -2.25. The molecule has 6 rings (SSSR count). The third-order valence-corrected chi connectivity index (χ3v) is 20.7. The van der Waals surface area contributed by atoms with E-state index >= 15 is 0 Å². The van der Waals surface area contributed by atoms with Crippen LogP contribution in [0.15, 0.2) is 152 Å². The molecule has 0 amide bonds. The normalized spacial score (nSPS) is 13.2. The minimum absolute atomic E-state index is 0.00753. The molecular weight excluding hydrogens is 1630 g/mol. The first kappa shape index (κ1) is 113. The number of benzene rings is 6. The summed E-state index contributed by atoms with van der Waals surface area (Å²) in [7, 11) is 3.85. The van der Waals surface area contributed by atoms with Crippen molar-refractivity contribution in [2.45, 2.75) is 276 Å². The molecule has 0 spiro atoms. The zero-order valence-electron chi connectivity index (χ0n) is 79.7. The van der Waals surface area contributed by atoms with Crippen LogP contribution in [-0.2, 0) is 106 Å². The van der Waals surface area contributed by atoms with Crippen LogP contribution in [0.5, 0.6) is 28.7 Å². The Morgan fingerprint density at radius 2 is 0.646 bits per heavy atom. The van der Waals surface area contributed by atoms with Crippen LogP contribution >= 0.6 is 0 Å². The van der Waals surface area contributed by atoms with E-state index in [4.69, 9.17) is 71.1 Å². The lowest BCUT2D eigenvalue weighted by atomic mass is 9.84. The van der Waals surface area contributed by atoms with Gasteiger partial charge in [-0.15, -0.1) is 0 Å². The number of methoxy groups -OCH3 is 3. The molecule has 10 unspecified atom stereocenters. The fourth-order valence-corrected chi connectivity index (χ4v) is 11.9. The van der Waals surface area contributed by atoms with E-state index in [1.54, 1.807) is 34.6 Å². The molecule has 0 saturated carbocycles. The van der Waals surface area contributed by atoms with Gasteiger partial charge in [0.2, 0.25) is 0 Å². The Bertz CT molecular complexity index is 3890. The van der Waals surface area contributed by atoms with Crippen LogP contribution in [0, 0.1) is 11.3 Å². The third-order valence-electron chi connectivity index (χ3n) is 20.7. The van der Waals surface area contributed by atoms with Crippen molar-refractivity contribution >= 4 is 47.8 Å². The van der Waals surface area contributed by atoms with Crippen molar-refractivity contribution in [3.63, 3.8) is 0 Å². The van der Waals surface area contributed by atoms with Gasteiger partial charge in [-0.2, -0.15) is 0 Å². The predicted molar refractivity (Wildman–Crippen MR) is 488 cm³/mol. The highest BCUT2D eigenvalue weighted by Gasteiger charge is 2.57. The monoisotopic (exact) mass is 1780 g/mol. The van der Waals surface area contributed by atoms with E-state index in [2.05, 4.69) is 120 Å². The summed E-state index contributed by atoms with van der Waals surface area (Å²) < 4.78 is 95.5. The molecule has 0 fully saturated rings. The summed E-state index contributed by atoms with van der Waals surface area (Å²) in [5.41, 5.74) is 5.13. The fraction of sp³-hybridized carbons (Fsp3) is 0.564. The Morgan fingerprint density at radius 1 is 0.315 bits per heavy atom. The third kappa shape index (κ3) is 45.9. The highest BCUT2D eigenvalue weighted by molar-refractivity contribution is 6.18. The van der Waals surface area contributed by atoms with Crippen molar-refractivity contribution in [1.29, 1.82) is 0 Å². The van der Waals surface area contributed by atoms with Gasteiger partial charge in [0.25, 0.3) is 5.41 Å². The minimum Gasteiger partial charge on any atom is -0.469 e. The number of carbonyl (C=O) groups excluding carboxylic acids is 8. The summed E-state index contributed by atoms with van der Waals surface area (Å²) in [6.45, 7) is 39.2. The van der Waals surface area contributed by atoms with Crippen LogP contribution in [-0.4, -0.2) is 167 Å². The second-order valence-corrected chi connectivity index (χ2v) is 30.3. The molecule has 127 heavy (non-hydrogen) atoms.